The lowest BCUT2D eigenvalue weighted by Gasteiger charge is -2.13. The van der Waals surface area contributed by atoms with Gasteiger partial charge in [0.15, 0.2) is 0 Å². The molecule has 2 aromatic carbocycles. The highest BCUT2D eigenvalue weighted by Gasteiger charge is 2.05. The van der Waals surface area contributed by atoms with E-state index in [9.17, 15) is 0 Å². The highest BCUT2D eigenvalue weighted by Crippen LogP contribution is 2.22. The SMILES string of the molecule is Cc1cc(C)c(CNc2cc(Br)ccc2C#N)cc1C. The Kier molecular flexibility index (Phi) is 4.46. The van der Waals surface area contributed by atoms with E-state index in [1.54, 1.807) is 0 Å². The Hall–Kier alpha value is -1.79. The van der Waals surface area contributed by atoms with E-state index in [-0.39, 0.29) is 0 Å². The van der Waals surface area contributed by atoms with Crippen molar-refractivity contribution in [1.29, 1.82) is 5.26 Å². The van der Waals surface area contributed by atoms with E-state index in [1.165, 1.54) is 22.3 Å². The van der Waals surface area contributed by atoms with E-state index in [1.807, 2.05) is 18.2 Å². The number of halogens is 1. The molecule has 0 aliphatic heterocycles. The van der Waals surface area contributed by atoms with E-state index in [2.05, 4.69) is 60.2 Å². The number of nitrogens with zero attached hydrogens (tertiary/aromatic N) is 1. The number of aryl methyl sites for hydroxylation is 3. The number of hydrogen-bond acceptors (Lipinski definition) is 2. The zero-order valence-electron chi connectivity index (χ0n) is 11.9. The summed E-state index contributed by atoms with van der Waals surface area (Å²) in [4.78, 5) is 0. The fraction of sp³-hybridized carbons (Fsp3) is 0.235. The first-order valence-electron chi connectivity index (χ1n) is 6.51. The summed E-state index contributed by atoms with van der Waals surface area (Å²) in [7, 11) is 0. The molecule has 3 heteroatoms. The molecule has 0 aliphatic rings. The van der Waals surface area contributed by atoms with Gasteiger partial charge in [0.25, 0.3) is 0 Å². The van der Waals surface area contributed by atoms with Gasteiger partial charge >= 0.3 is 0 Å². The summed E-state index contributed by atoms with van der Waals surface area (Å²) in [6, 6.07) is 12.3. The van der Waals surface area contributed by atoms with Crippen molar-refractivity contribution in [2.45, 2.75) is 27.3 Å². The average Bonchev–Trinajstić information content (AvgIpc) is 2.41. The van der Waals surface area contributed by atoms with Gasteiger partial charge in [0.1, 0.15) is 6.07 Å². The van der Waals surface area contributed by atoms with Crippen LogP contribution in [0.3, 0.4) is 0 Å². The van der Waals surface area contributed by atoms with Crippen LogP contribution in [0.1, 0.15) is 27.8 Å². The summed E-state index contributed by atoms with van der Waals surface area (Å²) in [5.74, 6) is 0. The third-order valence-electron chi connectivity index (χ3n) is 3.52. The molecule has 20 heavy (non-hydrogen) atoms. The molecule has 0 saturated heterocycles. The molecule has 102 valence electrons. The molecule has 2 nitrogen and oxygen atoms in total. The molecule has 2 rings (SSSR count). The van der Waals surface area contributed by atoms with E-state index < -0.39 is 0 Å². The molecule has 0 fully saturated rings. The second-order valence-corrected chi connectivity index (χ2v) is 5.93. The van der Waals surface area contributed by atoms with Crippen LogP contribution in [-0.2, 0) is 6.54 Å². The first kappa shape index (κ1) is 14.6. The molecule has 0 atom stereocenters. The minimum Gasteiger partial charge on any atom is -0.380 e. The summed E-state index contributed by atoms with van der Waals surface area (Å²) in [5.41, 5.74) is 6.66. The Balaban J connectivity index is 2.23. The largest absolute Gasteiger partial charge is 0.380 e. The normalized spacial score (nSPS) is 10.2. The van der Waals surface area contributed by atoms with Gasteiger partial charge < -0.3 is 5.32 Å². The average molecular weight is 329 g/mol. The molecular weight excluding hydrogens is 312 g/mol. The maximum atomic E-state index is 9.14. The lowest BCUT2D eigenvalue weighted by molar-refractivity contribution is 1.10. The highest BCUT2D eigenvalue weighted by atomic mass is 79.9. The quantitative estimate of drug-likeness (QED) is 0.873. The molecule has 0 unspecified atom stereocenters. The van der Waals surface area contributed by atoms with Crippen LogP contribution in [0.5, 0.6) is 0 Å². The van der Waals surface area contributed by atoms with Crippen molar-refractivity contribution in [3.8, 4) is 6.07 Å². The fourth-order valence-corrected chi connectivity index (χ4v) is 2.52. The molecule has 0 spiro atoms. The zero-order valence-corrected chi connectivity index (χ0v) is 13.5. The van der Waals surface area contributed by atoms with Crippen molar-refractivity contribution in [2.24, 2.45) is 0 Å². The lowest BCUT2D eigenvalue weighted by Crippen LogP contribution is -2.04. The summed E-state index contributed by atoms with van der Waals surface area (Å²) in [6.45, 7) is 7.09. The highest BCUT2D eigenvalue weighted by molar-refractivity contribution is 9.10. The van der Waals surface area contributed by atoms with Gasteiger partial charge in [0, 0.05) is 11.0 Å². The molecule has 0 radical (unpaired) electrons. The molecule has 2 aromatic rings. The maximum absolute atomic E-state index is 9.14. The summed E-state index contributed by atoms with van der Waals surface area (Å²) in [5, 5.41) is 12.5. The van der Waals surface area contributed by atoms with Crippen molar-refractivity contribution < 1.29 is 0 Å². The van der Waals surface area contributed by atoms with Crippen LogP contribution in [-0.4, -0.2) is 0 Å². The second-order valence-electron chi connectivity index (χ2n) is 5.02. The molecular formula is C17H17BrN2. The molecule has 1 N–H and O–H groups in total. The van der Waals surface area contributed by atoms with Crippen molar-refractivity contribution in [3.63, 3.8) is 0 Å². The smallest absolute Gasteiger partial charge is 0.101 e. The first-order valence-corrected chi connectivity index (χ1v) is 7.31. The van der Waals surface area contributed by atoms with Gasteiger partial charge in [-0.3, -0.25) is 0 Å². The number of hydrogen-bond donors (Lipinski definition) is 1. The summed E-state index contributed by atoms with van der Waals surface area (Å²) >= 11 is 3.44. The molecule has 0 amide bonds. The van der Waals surface area contributed by atoms with Crippen LogP contribution in [0.2, 0.25) is 0 Å². The second kappa shape index (κ2) is 6.11. The maximum Gasteiger partial charge on any atom is 0.101 e. The Labute approximate surface area is 128 Å². The third-order valence-corrected chi connectivity index (χ3v) is 4.02. The number of anilines is 1. The van der Waals surface area contributed by atoms with E-state index in [0.717, 1.165) is 16.7 Å². The van der Waals surface area contributed by atoms with Crippen molar-refractivity contribution >= 4 is 21.6 Å². The van der Waals surface area contributed by atoms with Crippen molar-refractivity contribution in [1.82, 2.24) is 0 Å². The lowest BCUT2D eigenvalue weighted by atomic mass is 10.0. The van der Waals surface area contributed by atoms with E-state index in [0.29, 0.717) is 5.56 Å². The van der Waals surface area contributed by atoms with Gasteiger partial charge in [-0.1, -0.05) is 28.1 Å². The van der Waals surface area contributed by atoms with E-state index in [4.69, 9.17) is 5.26 Å². The fourth-order valence-electron chi connectivity index (χ4n) is 2.16. The number of benzene rings is 2. The van der Waals surface area contributed by atoms with Crippen LogP contribution in [0, 0.1) is 32.1 Å². The van der Waals surface area contributed by atoms with Gasteiger partial charge in [-0.25, -0.2) is 0 Å². The van der Waals surface area contributed by atoms with Crippen LogP contribution < -0.4 is 5.32 Å². The number of nitrogens with one attached hydrogen (secondary N) is 1. The van der Waals surface area contributed by atoms with Gasteiger partial charge in [0.2, 0.25) is 0 Å². The molecule has 0 saturated carbocycles. The number of nitriles is 1. The standard InChI is InChI=1S/C17H17BrN2/c1-11-6-13(3)15(7-12(11)2)10-20-17-8-16(18)5-4-14(17)9-19/h4-8,20H,10H2,1-3H3. The van der Waals surface area contributed by atoms with E-state index >= 15 is 0 Å². The monoisotopic (exact) mass is 328 g/mol. The van der Waals surface area contributed by atoms with Crippen molar-refractivity contribution in [3.05, 3.63) is 62.6 Å². The van der Waals surface area contributed by atoms with Crippen LogP contribution >= 0.6 is 15.9 Å². The van der Waals surface area contributed by atoms with Gasteiger partial charge in [-0.2, -0.15) is 5.26 Å². The third kappa shape index (κ3) is 3.20. The minimum absolute atomic E-state index is 0.662. The first-order chi connectivity index (χ1) is 9.51. The minimum atomic E-state index is 0.662. The number of rotatable bonds is 3. The van der Waals surface area contributed by atoms with Gasteiger partial charge in [-0.05, 0) is 61.2 Å². The van der Waals surface area contributed by atoms with Crippen LogP contribution in [0.25, 0.3) is 0 Å². The molecule has 0 heterocycles. The molecule has 0 aromatic heterocycles. The Bertz CT molecular complexity index is 684. The molecule has 0 bridgehead atoms. The summed E-state index contributed by atoms with van der Waals surface area (Å²) < 4.78 is 0.968. The topological polar surface area (TPSA) is 35.8 Å². The predicted octanol–water partition coefficient (Wildman–Crippen LogP) is 4.86. The Morgan fingerprint density at radius 3 is 2.45 bits per heavy atom. The Morgan fingerprint density at radius 2 is 1.75 bits per heavy atom. The predicted molar refractivity (Wildman–Crippen MR) is 86.8 cm³/mol. The van der Waals surface area contributed by atoms with Crippen molar-refractivity contribution in [2.75, 3.05) is 5.32 Å². The van der Waals surface area contributed by atoms with Gasteiger partial charge in [-0.15, -0.1) is 0 Å². The van der Waals surface area contributed by atoms with Crippen LogP contribution in [0.15, 0.2) is 34.8 Å². The summed E-state index contributed by atoms with van der Waals surface area (Å²) in [6.07, 6.45) is 0. The zero-order chi connectivity index (χ0) is 14.7. The molecule has 0 aliphatic carbocycles. The van der Waals surface area contributed by atoms with Crippen LogP contribution in [0.4, 0.5) is 5.69 Å². The van der Waals surface area contributed by atoms with Gasteiger partial charge in [0.05, 0.1) is 11.3 Å². The Morgan fingerprint density at radius 1 is 1.05 bits per heavy atom.